The zero-order valence-electron chi connectivity index (χ0n) is 12.3. The van der Waals surface area contributed by atoms with Crippen LogP contribution in [0.1, 0.15) is 44.2 Å². The zero-order chi connectivity index (χ0) is 14.7. The van der Waals surface area contributed by atoms with Gasteiger partial charge in [-0.25, -0.2) is 4.98 Å². The van der Waals surface area contributed by atoms with Crippen molar-refractivity contribution in [3.8, 4) is 5.69 Å². The van der Waals surface area contributed by atoms with Crippen molar-refractivity contribution in [3.63, 3.8) is 0 Å². The smallest absolute Gasteiger partial charge is 0.223 e. The fourth-order valence-corrected chi connectivity index (χ4v) is 2.95. The van der Waals surface area contributed by atoms with Gasteiger partial charge >= 0.3 is 0 Å². The number of rotatable bonds is 4. The molecule has 1 aromatic heterocycles. The molecule has 1 heterocycles. The Morgan fingerprint density at radius 3 is 2.62 bits per heavy atom. The molecule has 4 nitrogen and oxygen atoms in total. The van der Waals surface area contributed by atoms with Crippen LogP contribution in [0.25, 0.3) is 5.69 Å². The molecule has 2 aromatic rings. The quantitative estimate of drug-likeness (QED) is 0.936. The second-order valence-electron chi connectivity index (χ2n) is 5.77. The van der Waals surface area contributed by atoms with Gasteiger partial charge in [0.05, 0.1) is 12.4 Å². The molecule has 110 valence electrons. The Hall–Kier alpha value is -2.10. The molecule has 3 rings (SSSR count). The predicted octanol–water partition coefficient (Wildman–Crippen LogP) is 3.24. The van der Waals surface area contributed by atoms with Crippen molar-refractivity contribution in [2.45, 2.75) is 38.6 Å². The maximum Gasteiger partial charge on any atom is 0.223 e. The van der Waals surface area contributed by atoms with Crippen LogP contribution in [0, 0.1) is 5.92 Å². The molecule has 1 atom stereocenters. The second kappa shape index (κ2) is 6.12. The monoisotopic (exact) mass is 283 g/mol. The van der Waals surface area contributed by atoms with E-state index in [1.807, 2.05) is 17.7 Å². The Bertz CT molecular complexity index is 583. The van der Waals surface area contributed by atoms with E-state index in [1.54, 1.807) is 12.5 Å². The van der Waals surface area contributed by atoms with Crippen molar-refractivity contribution in [2.75, 3.05) is 0 Å². The summed E-state index contributed by atoms with van der Waals surface area (Å²) in [5.74, 6) is 0.427. The minimum absolute atomic E-state index is 0.0509. The number of amides is 1. The SMILES string of the molecule is C[C@@H](NC(=O)C1CCCC1)c1ccc(-n2ccnc2)cc1. The van der Waals surface area contributed by atoms with Crippen LogP contribution in [0.15, 0.2) is 43.0 Å². The third-order valence-corrected chi connectivity index (χ3v) is 4.28. The van der Waals surface area contributed by atoms with Crippen LogP contribution < -0.4 is 5.32 Å². The fourth-order valence-electron chi connectivity index (χ4n) is 2.95. The molecule has 1 fully saturated rings. The lowest BCUT2D eigenvalue weighted by Gasteiger charge is -2.17. The molecular weight excluding hydrogens is 262 g/mol. The van der Waals surface area contributed by atoms with Gasteiger partial charge in [0.15, 0.2) is 0 Å². The summed E-state index contributed by atoms with van der Waals surface area (Å²) in [4.78, 5) is 16.2. The molecule has 0 radical (unpaired) electrons. The summed E-state index contributed by atoms with van der Waals surface area (Å²) in [7, 11) is 0. The summed E-state index contributed by atoms with van der Waals surface area (Å²) in [5.41, 5.74) is 2.20. The molecule has 1 aliphatic carbocycles. The summed E-state index contributed by atoms with van der Waals surface area (Å²) in [6.45, 7) is 2.04. The number of benzene rings is 1. The molecule has 0 saturated heterocycles. The molecule has 1 aromatic carbocycles. The molecule has 0 bridgehead atoms. The van der Waals surface area contributed by atoms with Gasteiger partial charge in [0.25, 0.3) is 0 Å². The van der Waals surface area contributed by atoms with Gasteiger partial charge in [0.2, 0.25) is 5.91 Å². The molecule has 0 spiro atoms. The summed E-state index contributed by atoms with van der Waals surface area (Å²) in [6.07, 6.45) is 9.91. The standard InChI is InChI=1S/C17H21N3O/c1-13(19-17(21)15-4-2-3-5-15)14-6-8-16(9-7-14)20-11-10-18-12-20/h6-13,15H,2-5H2,1H3,(H,19,21)/t13-/m1/s1. The fraction of sp³-hybridized carbons (Fsp3) is 0.412. The Morgan fingerprint density at radius 2 is 2.00 bits per heavy atom. The third-order valence-electron chi connectivity index (χ3n) is 4.28. The van der Waals surface area contributed by atoms with E-state index >= 15 is 0 Å². The first-order valence-corrected chi connectivity index (χ1v) is 7.63. The van der Waals surface area contributed by atoms with Gasteiger partial charge in [0, 0.05) is 24.0 Å². The lowest BCUT2D eigenvalue weighted by atomic mass is 10.0. The van der Waals surface area contributed by atoms with E-state index in [1.165, 1.54) is 12.8 Å². The Balaban J connectivity index is 1.64. The van der Waals surface area contributed by atoms with E-state index in [9.17, 15) is 4.79 Å². The molecule has 1 amide bonds. The van der Waals surface area contributed by atoms with Crippen LogP contribution in [0.5, 0.6) is 0 Å². The third kappa shape index (κ3) is 3.15. The molecule has 0 unspecified atom stereocenters. The highest BCUT2D eigenvalue weighted by atomic mass is 16.1. The van der Waals surface area contributed by atoms with Crippen molar-refractivity contribution in [1.82, 2.24) is 14.9 Å². The van der Waals surface area contributed by atoms with E-state index in [4.69, 9.17) is 0 Å². The van der Waals surface area contributed by atoms with Crippen LogP contribution in [0.4, 0.5) is 0 Å². The first-order chi connectivity index (χ1) is 10.2. The largest absolute Gasteiger partial charge is 0.349 e. The van der Waals surface area contributed by atoms with Gasteiger partial charge in [0.1, 0.15) is 0 Å². The maximum absolute atomic E-state index is 12.2. The number of hydrogen-bond donors (Lipinski definition) is 1. The predicted molar refractivity (Wildman–Crippen MR) is 82.1 cm³/mol. The summed E-state index contributed by atoms with van der Waals surface area (Å²) >= 11 is 0. The summed E-state index contributed by atoms with van der Waals surface area (Å²) < 4.78 is 1.96. The average molecular weight is 283 g/mol. The maximum atomic E-state index is 12.2. The highest BCUT2D eigenvalue weighted by Crippen LogP contribution is 2.26. The molecule has 1 saturated carbocycles. The first-order valence-electron chi connectivity index (χ1n) is 7.63. The van der Waals surface area contributed by atoms with Crippen molar-refractivity contribution < 1.29 is 4.79 Å². The lowest BCUT2D eigenvalue weighted by molar-refractivity contribution is -0.125. The molecule has 4 heteroatoms. The van der Waals surface area contributed by atoms with Gasteiger partial charge < -0.3 is 9.88 Å². The van der Waals surface area contributed by atoms with Crippen LogP contribution in [-0.2, 0) is 4.79 Å². The Labute approximate surface area is 125 Å². The Morgan fingerprint density at radius 1 is 1.29 bits per heavy atom. The number of aromatic nitrogens is 2. The van der Waals surface area contributed by atoms with Crippen molar-refractivity contribution in [3.05, 3.63) is 48.5 Å². The van der Waals surface area contributed by atoms with Crippen molar-refractivity contribution in [1.29, 1.82) is 0 Å². The van der Waals surface area contributed by atoms with E-state index in [0.717, 1.165) is 24.1 Å². The number of carbonyl (C=O) groups excluding carboxylic acids is 1. The summed E-state index contributed by atoms with van der Waals surface area (Å²) in [6, 6.07) is 8.28. The van der Waals surface area contributed by atoms with Gasteiger partial charge in [-0.3, -0.25) is 4.79 Å². The van der Waals surface area contributed by atoms with Crippen molar-refractivity contribution >= 4 is 5.91 Å². The number of imidazole rings is 1. The molecule has 1 N–H and O–H groups in total. The number of carbonyl (C=O) groups is 1. The second-order valence-corrected chi connectivity index (χ2v) is 5.77. The van der Waals surface area contributed by atoms with Gasteiger partial charge in [-0.1, -0.05) is 25.0 Å². The minimum Gasteiger partial charge on any atom is -0.349 e. The number of nitrogens with zero attached hydrogens (tertiary/aromatic N) is 2. The van der Waals surface area contributed by atoms with E-state index in [-0.39, 0.29) is 17.9 Å². The number of hydrogen-bond acceptors (Lipinski definition) is 2. The van der Waals surface area contributed by atoms with Gasteiger partial charge in [-0.2, -0.15) is 0 Å². The number of nitrogens with one attached hydrogen (secondary N) is 1. The Kier molecular flexibility index (Phi) is 4.04. The van der Waals surface area contributed by atoms with E-state index in [2.05, 4.69) is 34.6 Å². The summed E-state index contributed by atoms with van der Waals surface area (Å²) in [5, 5.41) is 3.13. The first kappa shape index (κ1) is 13.9. The molecule has 1 aliphatic rings. The van der Waals surface area contributed by atoms with Gasteiger partial charge in [-0.05, 0) is 37.5 Å². The van der Waals surface area contributed by atoms with Crippen LogP contribution in [0.3, 0.4) is 0 Å². The van der Waals surface area contributed by atoms with Crippen LogP contribution >= 0.6 is 0 Å². The topological polar surface area (TPSA) is 46.9 Å². The van der Waals surface area contributed by atoms with Crippen LogP contribution in [0.2, 0.25) is 0 Å². The van der Waals surface area contributed by atoms with E-state index < -0.39 is 0 Å². The van der Waals surface area contributed by atoms with Crippen LogP contribution in [-0.4, -0.2) is 15.5 Å². The highest BCUT2D eigenvalue weighted by molar-refractivity contribution is 5.79. The molecule has 21 heavy (non-hydrogen) atoms. The molecule has 0 aliphatic heterocycles. The zero-order valence-corrected chi connectivity index (χ0v) is 12.3. The molecular formula is C17H21N3O. The normalized spacial score (nSPS) is 16.8. The minimum atomic E-state index is 0.0509. The average Bonchev–Trinajstić information content (AvgIpc) is 3.20. The van der Waals surface area contributed by atoms with Gasteiger partial charge in [-0.15, -0.1) is 0 Å². The van der Waals surface area contributed by atoms with E-state index in [0.29, 0.717) is 0 Å². The van der Waals surface area contributed by atoms with Crippen molar-refractivity contribution in [2.24, 2.45) is 5.92 Å². The lowest BCUT2D eigenvalue weighted by Crippen LogP contribution is -2.31. The highest BCUT2D eigenvalue weighted by Gasteiger charge is 2.23.